The van der Waals surface area contributed by atoms with E-state index in [1.54, 1.807) is 13.2 Å². The highest BCUT2D eigenvalue weighted by Gasteiger charge is 2.33. The summed E-state index contributed by atoms with van der Waals surface area (Å²) >= 11 is 6.22. The number of anilines is 4. The van der Waals surface area contributed by atoms with Crippen molar-refractivity contribution in [3.63, 3.8) is 0 Å². The highest BCUT2D eigenvalue weighted by atomic mass is 127. The Morgan fingerprint density at radius 3 is 3.09 bits per heavy atom. The molecule has 3 heterocycles. The van der Waals surface area contributed by atoms with E-state index in [0.717, 1.165) is 30.0 Å². The van der Waals surface area contributed by atoms with Crippen LogP contribution in [0.1, 0.15) is 23.6 Å². The van der Waals surface area contributed by atoms with Crippen LogP contribution in [-0.4, -0.2) is 38.6 Å². The molecule has 0 amide bonds. The second-order valence-electron chi connectivity index (χ2n) is 8.27. The van der Waals surface area contributed by atoms with Crippen LogP contribution in [0.2, 0.25) is 0 Å². The van der Waals surface area contributed by atoms with Crippen molar-refractivity contribution in [2.24, 2.45) is 5.92 Å². The monoisotopic (exact) mass is 590 g/mol. The number of hydrogen-bond acceptors (Lipinski definition) is 7. The third kappa shape index (κ3) is 5.22. The van der Waals surface area contributed by atoms with Gasteiger partial charge in [0.05, 0.1) is 11.4 Å². The van der Waals surface area contributed by atoms with Crippen LogP contribution in [0.5, 0.6) is 5.75 Å². The van der Waals surface area contributed by atoms with E-state index in [2.05, 4.69) is 43.5 Å². The van der Waals surface area contributed by atoms with Crippen LogP contribution in [-0.2, 0) is 6.42 Å². The van der Waals surface area contributed by atoms with Crippen molar-refractivity contribution in [1.82, 2.24) is 15.3 Å². The van der Waals surface area contributed by atoms with E-state index in [-0.39, 0.29) is 20.7 Å². The summed E-state index contributed by atoms with van der Waals surface area (Å²) in [5, 5.41) is 13.5. The molecule has 5 rings (SSSR count). The van der Waals surface area contributed by atoms with Gasteiger partial charge in [0.15, 0.2) is 0 Å². The Morgan fingerprint density at radius 2 is 2.24 bits per heavy atom. The van der Waals surface area contributed by atoms with E-state index >= 15 is 0 Å². The second-order valence-corrected chi connectivity index (χ2v) is 11.2. The molecular formula is C25H28ClIN6O. The fraction of sp³-hybridized carbons (Fsp3) is 0.320. The second kappa shape index (κ2) is 10.8. The van der Waals surface area contributed by atoms with E-state index in [4.69, 9.17) is 26.3 Å². The predicted octanol–water partition coefficient (Wildman–Crippen LogP) is 5.24. The molecule has 2 aliphatic heterocycles. The number of nitrogens with one attached hydrogen (secondary N) is 4. The number of allylic oxidation sites excluding steroid dienone is 2. The van der Waals surface area contributed by atoms with Crippen molar-refractivity contribution in [3.8, 4) is 5.75 Å². The van der Waals surface area contributed by atoms with Gasteiger partial charge in [0, 0.05) is 47.5 Å². The fourth-order valence-corrected chi connectivity index (χ4v) is 6.80. The SMILES string of the molecule is CN/C(Cl)=C\Nc1ccc2cc1OC/C=C/CNc1nc(nc3c1CCC3C1C=CC=IC1)N2. The molecule has 1 aliphatic carbocycles. The molecule has 2 aromatic rings. The molecule has 178 valence electrons. The lowest BCUT2D eigenvalue weighted by molar-refractivity contribution is 0.364. The van der Waals surface area contributed by atoms with Crippen molar-refractivity contribution in [3.05, 3.63) is 65.1 Å². The van der Waals surface area contributed by atoms with Crippen LogP contribution in [0.25, 0.3) is 0 Å². The molecule has 0 spiro atoms. The summed E-state index contributed by atoms with van der Waals surface area (Å²) in [6.45, 7) is 1.14. The number of ether oxygens (including phenoxy) is 1. The number of aromatic nitrogens is 2. The number of fused-ring (bicyclic) bond motifs is 6. The number of nitrogens with zero attached hydrogens (tertiary/aromatic N) is 2. The van der Waals surface area contributed by atoms with Crippen LogP contribution < -0.4 is 26.0 Å². The molecule has 0 saturated heterocycles. The third-order valence-electron chi connectivity index (χ3n) is 6.12. The van der Waals surface area contributed by atoms with Gasteiger partial charge in [0.25, 0.3) is 0 Å². The first-order valence-corrected chi connectivity index (χ1v) is 14.6. The normalized spacial score (nSPS) is 22.4. The number of benzene rings is 1. The summed E-state index contributed by atoms with van der Waals surface area (Å²) in [5.41, 5.74) is 4.15. The van der Waals surface area contributed by atoms with E-state index in [0.29, 0.717) is 41.8 Å². The molecule has 34 heavy (non-hydrogen) atoms. The van der Waals surface area contributed by atoms with Crippen LogP contribution >= 0.6 is 32.3 Å². The fourth-order valence-electron chi connectivity index (χ4n) is 4.42. The molecular weight excluding hydrogens is 563 g/mol. The number of hydrogen-bond donors (Lipinski definition) is 4. The number of halogens is 2. The van der Waals surface area contributed by atoms with Crippen molar-refractivity contribution in [1.29, 1.82) is 0 Å². The Morgan fingerprint density at radius 1 is 1.29 bits per heavy atom. The average Bonchev–Trinajstić information content (AvgIpc) is 3.29. The van der Waals surface area contributed by atoms with Crippen LogP contribution in [0.15, 0.2) is 53.9 Å². The molecule has 3 aliphatic rings. The van der Waals surface area contributed by atoms with Crippen molar-refractivity contribution in [2.45, 2.75) is 18.8 Å². The lowest BCUT2D eigenvalue weighted by Crippen LogP contribution is -2.15. The molecule has 4 bridgehead atoms. The summed E-state index contributed by atoms with van der Waals surface area (Å²) in [5.74, 6) is 3.31. The molecule has 1 aromatic heterocycles. The van der Waals surface area contributed by atoms with Gasteiger partial charge >= 0.3 is 0 Å². The molecule has 2 atom stereocenters. The van der Waals surface area contributed by atoms with Gasteiger partial charge in [0.1, 0.15) is 23.3 Å². The Balaban J connectivity index is 1.48. The summed E-state index contributed by atoms with van der Waals surface area (Å²) in [6, 6.07) is 5.90. The van der Waals surface area contributed by atoms with Gasteiger partial charge in [-0.15, -0.1) is 20.7 Å². The van der Waals surface area contributed by atoms with Gasteiger partial charge in [-0.05, 0) is 41.0 Å². The van der Waals surface area contributed by atoms with E-state index in [1.165, 1.54) is 15.7 Å². The largest absolute Gasteiger partial charge is 0.487 e. The van der Waals surface area contributed by atoms with Gasteiger partial charge in [-0.3, -0.25) is 0 Å². The van der Waals surface area contributed by atoms with Gasteiger partial charge in [0.2, 0.25) is 5.95 Å². The molecule has 1 aromatic carbocycles. The summed E-state index contributed by atoms with van der Waals surface area (Å²) in [6.07, 6.45) is 12.6. The minimum Gasteiger partial charge on any atom is -0.487 e. The maximum atomic E-state index is 6.07. The summed E-state index contributed by atoms with van der Waals surface area (Å²) in [7, 11) is 1.77. The van der Waals surface area contributed by atoms with Crippen LogP contribution in [0, 0.1) is 5.92 Å². The van der Waals surface area contributed by atoms with E-state index in [9.17, 15) is 0 Å². The molecule has 0 radical (unpaired) electrons. The van der Waals surface area contributed by atoms with Crippen LogP contribution in [0.4, 0.5) is 23.1 Å². The zero-order valence-electron chi connectivity index (χ0n) is 18.9. The van der Waals surface area contributed by atoms with E-state index < -0.39 is 0 Å². The Labute approximate surface area is 214 Å². The Hall–Kier alpha value is -2.59. The first-order chi connectivity index (χ1) is 16.7. The van der Waals surface area contributed by atoms with Gasteiger partial charge in [-0.25, -0.2) is 4.98 Å². The van der Waals surface area contributed by atoms with E-state index in [1.807, 2.05) is 24.3 Å². The lowest BCUT2D eigenvalue weighted by atomic mass is 9.91. The quantitative estimate of drug-likeness (QED) is 0.168. The maximum absolute atomic E-state index is 6.07. The molecule has 0 fully saturated rings. The third-order valence-corrected chi connectivity index (χ3v) is 8.87. The summed E-state index contributed by atoms with van der Waals surface area (Å²) in [4.78, 5) is 9.89. The van der Waals surface area contributed by atoms with Crippen molar-refractivity contribution < 1.29 is 4.74 Å². The highest BCUT2D eigenvalue weighted by Crippen LogP contribution is 2.43. The molecule has 7 nitrogen and oxygen atoms in total. The van der Waals surface area contributed by atoms with Crippen molar-refractivity contribution in [2.75, 3.05) is 40.6 Å². The smallest absolute Gasteiger partial charge is 0.229 e. The molecule has 0 saturated carbocycles. The van der Waals surface area contributed by atoms with Gasteiger partial charge in [-0.2, -0.15) is 4.98 Å². The molecule has 2 unspecified atom stereocenters. The minimum absolute atomic E-state index is 0.157. The van der Waals surface area contributed by atoms with Gasteiger partial charge in [-0.1, -0.05) is 29.8 Å². The predicted molar refractivity (Wildman–Crippen MR) is 150 cm³/mol. The Bertz CT molecular complexity index is 1180. The van der Waals surface area contributed by atoms with Crippen LogP contribution in [0.3, 0.4) is 0 Å². The van der Waals surface area contributed by atoms with Gasteiger partial charge < -0.3 is 26.0 Å². The van der Waals surface area contributed by atoms with Crippen molar-refractivity contribution >= 4 is 59.5 Å². The Kier molecular flexibility index (Phi) is 7.34. The zero-order chi connectivity index (χ0) is 23.3. The molecule has 4 N–H and O–H groups in total. The number of alkyl halides is 1. The maximum Gasteiger partial charge on any atom is 0.229 e. The first kappa shape index (κ1) is 23.2. The highest BCUT2D eigenvalue weighted by molar-refractivity contribution is 14.2. The topological polar surface area (TPSA) is 83.1 Å². The number of rotatable bonds is 4. The standard InChI is InChI=1S/C25H28ClIN6O/c1-28-22(26)15-30-20-9-6-17-13-21(20)34-12-3-2-11-29-24-19-8-7-18(16-5-4-10-27-14-16)23(19)32-25(31-17)33-24/h2-6,9-10,13,15-16,18,28,30H,7-8,11-12,14H2,1H3,(H2,29,31,32,33)/b3-2+,22-15-. The lowest BCUT2D eigenvalue weighted by Gasteiger charge is -2.21. The average molecular weight is 591 g/mol. The summed E-state index contributed by atoms with van der Waals surface area (Å²) < 4.78 is 9.69. The minimum atomic E-state index is 0.157. The first-order valence-electron chi connectivity index (χ1n) is 11.4. The molecule has 9 heteroatoms. The zero-order valence-corrected chi connectivity index (χ0v) is 21.9.